The van der Waals surface area contributed by atoms with Crippen molar-refractivity contribution >= 4 is 29.2 Å². The molecule has 0 radical (unpaired) electrons. The molecule has 1 amide bonds. The number of hydrogen-bond acceptors (Lipinski definition) is 6. The van der Waals surface area contributed by atoms with Crippen molar-refractivity contribution in [2.45, 2.75) is 25.7 Å². The van der Waals surface area contributed by atoms with E-state index in [0.717, 1.165) is 31.2 Å². The Morgan fingerprint density at radius 3 is 2.81 bits per heavy atom. The summed E-state index contributed by atoms with van der Waals surface area (Å²) in [5.74, 6) is 0.747. The normalized spacial score (nSPS) is 10.3. The molecule has 0 saturated heterocycles. The van der Waals surface area contributed by atoms with E-state index in [2.05, 4.69) is 16.6 Å². The van der Waals surface area contributed by atoms with Crippen molar-refractivity contribution < 1.29 is 9.72 Å². The molecule has 0 aromatic carbocycles. The number of amides is 1. The molecule has 7 nitrogen and oxygen atoms in total. The Labute approximate surface area is 127 Å². The zero-order chi connectivity index (χ0) is 15.7. The number of aromatic nitrogens is 1. The third-order valence-corrected chi connectivity index (χ3v) is 3.60. The predicted molar refractivity (Wildman–Crippen MR) is 84.5 cm³/mol. The first-order chi connectivity index (χ1) is 10.1. The molecule has 8 heteroatoms. The van der Waals surface area contributed by atoms with Gasteiger partial charge in [-0.25, -0.2) is 4.98 Å². The predicted octanol–water partition coefficient (Wildman–Crippen LogP) is 2.23. The number of unbranched alkanes of at least 4 members (excludes halogenated alkanes) is 3. The minimum atomic E-state index is -0.635. The minimum Gasteiger partial charge on any atom is -0.384 e. The number of nitrogens with zero attached hydrogens (tertiary/aromatic N) is 2. The van der Waals surface area contributed by atoms with E-state index in [4.69, 9.17) is 5.73 Å². The Morgan fingerprint density at radius 1 is 1.43 bits per heavy atom. The molecule has 21 heavy (non-hydrogen) atoms. The first-order valence-corrected chi connectivity index (χ1v) is 8.12. The molecule has 1 heterocycles. The molecule has 0 aliphatic carbocycles. The molecule has 0 unspecified atom stereocenters. The summed E-state index contributed by atoms with van der Waals surface area (Å²) < 4.78 is 0. The summed E-state index contributed by atoms with van der Waals surface area (Å²) in [6.45, 7) is 0.498. The molecule has 0 atom stereocenters. The lowest BCUT2D eigenvalue weighted by atomic mass is 10.2. The van der Waals surface area contributed by atoms with Gasteiger partial charge in [-0.1, -0.05) is 12.8 Å². The highest BCUT2D eigenvalue weighted by Crippen LogP contribution is 2.18. The van der Waals surface area contributed by atoms with Crippen molar-refractivity contribution in [2.75, 3.05) is 24.3 Å². The summed E-state index contributed by atoms with van der Waals surface area (Å²) in [6.07, 6.45) is 7.26. The molecule has 0 aliphatic rings. The second-order valence-corrected chi connectivity index (χ2v) is 5.53. The van der Waals surface area contributed by atoms with Gasteiger partial charge >= 0.3 is 0 Å². The van der Waals surface area contributed by atoms with E-state index in [1.165, 1.54) is 12.5 Å². The van der Waals surface area contributed by atoms with E-state index in [1.54, 1.807) is 0 Å². The zero-order valence-corrected chi connectivity index (χ0v) is 12.8. The first kappa shape index (κ1) is 17.2. The lowest BCUT2D eigenvalue weighted by Crippen LogP contribution is -2.25. The van der Waals surface area contributed by atoms with Crippen LogP contribution in [0.25, 0.3) is 0 Å². The van der Waals surface area contributed by atoms with Crippen molar-refractivity contribution in [3.63, 3.8) is 0 Å². The van der Waals surface area contributed by atoms with Gasteiger partial charge in [-0.15, -0.1) is 0 Å². The lowest BCUT2D eigenvalue weighted by molar-refractivity contribution is -0.385. The number of rotatable bonds is 9. The number of hydrogen-bond donors (Lipinski definition) is 2. The number of pyridine rings is 1. The number of thioether (sulfide) groups is 1. The van der Waals surface area contributed by atoms with Crippen LogP contribution in [0.2, 0.25) is 0 Å². The Bertz CT molecular complexity index is 496. The second-order valence-electron chi connectivity index (χ2n) is 4.55. The maximum Gasteiger partial charge on any atom is 0.300 e. The van der Waals surface area contributed by atoms with Crippen LogP contribution >= 0.6 is 11.8 Å². The maximum absolute atomic E-state index is 12.0. The van der Waals surface area contributed by atoms with Gasteiger partial charge in [0.2, 0.25) is 0 Å². The molecule has 0 bridgehead atoms. The Kier molecular flexibility index (Phi) is 7.52. The van der Waals surface area contributed by atoms with Crippen LogP contribution in [0.1, 0.15) is 36.0 Å². The molecular weight excluding hydrogens is 292 g/mol. The van der Waals surface area contributed by atoms with E-state index < -0.39 is 10.8 Å². The molecule has 1 aromatic heterocycles. The van der Waals surface area contributed by atoms with Crippen molar-refractivity contribution in [3.8, 4) is 0 Å². The number of anilines is 1. The van der Waals surface area contributed by atoms with E-state index in [9.17, 15) is 14.9 Å². The van der Waals surface area contributed by atoms with E-state index in [0.29, 0.717) is 6.54 Å². The number of carbonyl (C=O) groups is 1. The second kappa shape index (κ2) is 9.17. The summed E-state index contributed by atoms with van der Waals surface area (Å²) in [7, 11) is 0. The van der Waals surface area contributed by atoms with Gasteiger partial charge in [-0.2, -0.15) is 11.8 Å². The number of nitrogens with one attached hydrogen (secondary N) is 1. The van der Waals surface area contributed by atoms with Gasteiger partial charge < -0.3 is 11.1 Å². The van der Waals surface area contributed by atoms with Gasteiger partial charge in [-0.05, 0) is 30.9 Å². The highest BCUT2D eigenvalue weighted by atomic mass is 32.2. The molecule has 1 rings (SSSR count). The molecule has 0 fully saturated rings. The first-order valence-electron chi connectivity index (χ1n) is 6.73. The summed E-state index contributed by atoms with van der Waals surface area (Å²) in [4.78, 5) is 25.8. The van der Waals surface area contributed by atoms with Crippen LogP contribution in [0.5, 0.6) is 0 Å². The number of nitrogens with two attached hydrogens (primary N) is 1. The fourth-order valence-corrected chi connectivity index (χ4v) is 2.31. The Hall–Kier alpha value is -1.83. The smallest absolute Gasteiger partial charge is 0.300 e. The van der Waals surface area contributed by atoms with Gasteiger partial charge in [-0.3, -0.25) is 14.9 Å². The molecule has 3 N–H and O–H groups in total. The SMILES string of the molecule is CSCCCCCCNC(=O)c1cc(N)ncc1[N+](=O)[O-]. The van der Waals surface area contributed by atoms with Crippen molar-refractivity contribution in [2.24, 2.45) is 0 Å². The molecule has 0 saturated carbocycles. The maximum atomic E-state index is 12.0. The monoisotopic (exact) mass is 312 g/mol. The minimum absolute atomic E-state index is 0.0464. The fourth-order valence-electron chi connectivity index (χ4n) is 1.81. The average molecular weight is 312 g/mol. The van der Waals surface area contributed by atoms with Gasteiger partial charge in [0.25, 0.3) is 11.6 Å². The third kappa shape index (κ3) is 5.99. The molecule has 0 spiro atoms. The zero-order valence-electron chi connectivity index (χ0n) is 12.0. The van der Waals surface area contributed by atoms with Crippen LogP contribution in [-0.4, -0.2) is 34.4 Å². The third-order valence-electron chi connectivity index (χ3n) is 2.91. The van der Waals surface area contributed by atoms with Gasteiger partial charge in [0, 0.05) is 6.54 Å². The van der Waals surface area contributed by atoms with Crippen molar-refractivity contribution in [1.29, 1.82) is 0 Å². The van der Waals surface area contributed by atoms with Gasteiger partial charge in [0.1, 0.15) is 17.6 Å². The standard InChI is InChI=1S/C13H20N4O3S/c1-21-7-5-3-2-4-6-15-13(18)10-8-12(14)16-9-11(10)17(19)20/h8-9H,2-7H2,1H3,(H2,14,16)(H,15,18). The van der Waals surface area contributed by atoms with Crippen LogP contribution in [0.15, 0.2) is 12.3 Å². The number of nitrogen functional groups attached to an aromatic ring is 1. The van der Waals surface area contributed by atoms with E-state index in [1.807, 2.05) is 11.8 Å². The highest BCUT2D eigenvalue weighted by molar-refractivity contribution is 7.98. The largest absolute Gasteiger partial charge is 0.384 e. The quantitative estimate of drug-likeness (QED) is 0.411. The summed E-state index contributed by atoms with van der Waals surface area (Å²) in [6, 6.07) is 1.23. The molecule has 116 valence electrons. The van der Waals surface area contributed by atoms with Crippen molar-refractivity contribution in [1.82, 2.24) is 10.3 Å². The lowest BCUT2D eigenvalue weighted by Gasteiger charge is -2.06. The van der Waals surface area contributed by atoms with Crippen LogP contribution in [-0.2, 0) is 0 Å². The Balaban J connectivity index is 2.45. The fraction of sp³-hybridized carbons (Fsp3) is 0.538. The topological polar surface area (TPSA) is 111 Å². The number of carbonyl (C=O) groups excluding carboxylic acids is 1. The Morgan fingerprint density at radius 2 is 2.14 bits per heavy atom. The summed E-state index contributed by atoms with van der Waals surface area (Å²) in [5, 5.41) is 13.5. The van der Waals surface area contributed by atoms with E-state index >= 15 is 0 Å². The van der Waals surface area contributed by atoms with Crippen LogP contribution in [0, 0.1) is 10.1 Å². The summed E-state index contributed by atoms with van der Waals surface area (Å²) in [5.41, 5.74) is 5.09. The molecule has 1 aromatic rings. The van der Waals surface area contributed by atoms with Gasteiger partial charge in [0.05, 0.1) is 4.92 Å². The van der Waals surface area contributed by atoms with Crippen molar-refractivity contribution in [3.05, 3.63) is 27.9 Å². The van der Waals surface area contributed by atoms with E-state index in [-0.39, 0.29) is 17.1 Å². The number of nitro groups is 1. The average Bonchev–Trinajstić information content (AvgIpc) is 2.45. The van der Waals surface area contributed by atoms with Gasteiger partial charge in [0.15, 0.2) is 0 Å². The molecular formula is C13H20N4O3S. The summed E-state index contributed by atoms with van der Waals surface area (Å²) >= 11 is 1.82. The highest BCUT2D eigenvalue weighted by Gasteiger charge is 2.20. The van der Waals surface area contributed by atoms with Crippen LogP contribution < -0.4 is 11.1 Å². The van der Waals surface area contributed by atoms with Crippen LogP contribution in [0.4, 0.5) is 11.5 Å². The molecule has 0 aliphatic heterocycles. The van der Waals surface area contributed by atoms with Crippen LogP contribution in [0.3, 0.4) is 0 Å².